The van der Waals surface area contributed by atoms with Gasteiger partial charge in [-0.15, -0.1) is 0 Å². The fourth-order valence-corrected chi connectivity index (χ4v) is 4.37. The van der Waals surface area contributed by atoms with E-state index in [1.165, 1.54) is 47.4 Å². The average molecular weight is 446 g/mol. The number of carbonyl (C=O) groups is 2. The van der Waals surface area contributed by atoms with E-state index in [2.05, 4.69) is 15.6 Å². The lowest BCUT2D eigenvalue weighted by molar-refractivity contribution is -0.119. The molecule has 2 amide bonds. The highest BCUT2D eigenvalue weighted by Crippen LogP contribution is 2.37. The topological polar surface area (TPSA) is 80.3 Å². The van der Waals surface area contributed by atoms with E-state index in [0.717, 1.165) is 5.56 Å². The molecule has 1 aromatic heterocycles. The molecular weight excluding hydrogens is 425 g/mol. The molecule has 0 saturated carbocycles. The number of carbonyl (C=O) groups excluding carboxylic acids is 2. The summed E-state index contributed by atoms with van der Waals surface area (Å²) in [6.45, 7) is 2.21. The molecule has 156 valence electrons. The monoisotopic (exact) mass is 445 g/mol. The van der Waals surface area contributed by atoms with Gasteiger partial charge in [0.05, 0.1) is 5.75 Å². The number of benzene rings is 2. The maximum Gasteiger partial charge on any atom is 0.262 e. The van der Waals surface area contributed by atoms with Gasteiger partial charge in [-0.25, -0.2) is 9.37 Å². The number of thiazole rings is 1. The lowest BCUT2D eigenvalue weighted by Crippen LogP contribution is -2.24. The van der Waals surface area contributed by atoms with Crippen molar-refractivity contribution >= 4 is 39.9 Å². The van der Waals surface area contributed by atoms with Gasteiger partial charge in [0, 0.05) is 12.1 Å². The van der Waals surface area contributed by atoms with Crippen LogP contribution >= 0.6 is 23.1 Å². The average Bonchev–Trinajstić information content (AvgIpc) is 3.15. The Morgan fingerprint density at radius 2 is 1.83 bits per heavy atom. The third-order valence-corrected chi connectivity index (χ3v) is 5.91. The number of thioether (sulfide) groups is 1. The fraction of sp³-hybridized carbons (Fsp3) is 0.190. The molecule has 3 aromatic rings. The molecule has 0 spiro atoms. The van der Waals surface area contributed by atoms with Crippen LogP contribution in [0.5, 0.6) is 5.75 Å². The first kappa shape index (κ1) is 21.8. The third kappa shape index (κ3) is 6.30. The summed E-state index contributed by atoms with van der Waals surface area (Å²) in [6.07, 6.45) is 0. The van der Waals surface area contributed by atoms with Gasteiger partial charge in [-0.1, -0.05) is 53.4 Å². The largest absolute Gasteiger partial charge is 0.484 e. The molecule has 9 heteroatoms. The number of halogens is 1. The van der Waals surface area contributed by atoms with Gasteiger partial charge in [-0.3, -0.25) is 9.59 Å². The normalized spacial score (nSPS) is 10.5. The van der Waals surface area contributed by atoms with Gasteiger partial charge >= 0.3 is 0 Å². The molecule has 0 unspecified atom stereocenters. The minimum Gasteiger partial charge on any atom is -0.484 e. The fourth-order valence-electron chi connectivity index (χ4n) is 2.46. The number of hydrogen-bond acceptors (Lipinski definition) is 6. The number of aromatic nitrogens is 1. The maximum atomic E-state index is 13.0. The van der Waals surface area contributed by atoms with E-state index >= 15 is 0 Å². The van der Waals surface area contributed by atoms with Crippen molar-refractivity contribution in [1.82, 2.24) is 10.3 Å². The van der Waals surface area contributed by atoms with Crippen LogP contribution in [0.3, 0.4) is 0 Å². The molecule has 0 aliphatic carbocycles. The van der Waals surface area contributed by atoms with Crippen molar-refractivity contribution in [2.45, 2.75) is 11.3 Å². The van der Waals surface area contributed by atoms with E-state index in [-0.39, 0.29) is 30.0 Å². The Morgan fingerprint density at radius 3 is 2.53 bits per heavy atom. The van der Waals surface area contributed by atoms with Crippen molar-refractivity contribution in [1.29, 1.82) is 0 Å². The van der Waals surface area contributed by atoms with Crippen molar-refractivity contribution in [3.05, 3.63) is 60.4 Å². The molecule has 0 aliphatic rings. The molecule has 3 rings (SSSR count). The van der Waals surface area contributed by atoms with Gasteiger partial charge < -0.3 is 15.4 Å². The van der Waals surface area contributed by atoms with Crippen LogP contribution in [0.1, 0.15) is 6.92 Å². The van der Waals surface area contributed by atoms with Gasteiger partial charge in [0.1, 0.15) is 22.3 Å². The van der Waals surface area contributed by atoms with E-state index in [9.17, 15) is 14.0 Å². The first-order valence-electron chi connectivity index (χ1n) is 9.19. The van der Waals surface area contributed by atoms with Crippen LogP contribution in [0, 0.1) is 5.82 Å². The van der Waals surface area contributed by atoms with Crippen LogP contribution in [-0.2, 0) is 9.59 Å². The van der Waals surface area contributed by atoms with Crippen LogP contribution in [0.4, 0.5) is 9.39 Å². The van der Waals surface area contributed by atoms with E-state index in [1.807, 2.05) is 37.3 Å². The van der Waals surface area contributed by atoms with Crippen LogP contribution < -0.4 is 15.4 Å². The molecule has 1 heterocycles. The summed E-state index contributed by atoms with van der Waals surface area (Å²) < 4.78 is 19.0. The Morgan fingerprint density at radius 1 is 1.10 bits per heavy atom. The van der Waals surface area contributed by atoms with Gasteiger partial charge in [-0.2, -0.15) is 0 Å². The molecule has 0 atom stereocenters. The van der Waals surface area contributed by atoms with Gasteiger partial charge in [0.25, 0.3) is 5.91 Å². The smallest absolute Gasteiger partial charge is 0.262 e. The van der Waals surface area contributed by atoms with E-state index in [0.29, 0.717) is 27.3 Å². The minimum atomic E-state index is -0.374. The molecule has 0 aliphatic heterocycles. The molecule has 0 saturated heterocycles. The van der Waals surface area contributed by atoms with E-state index in [4.69, 9.17) is 4.74 Å². The second-order valence-electron chi connectivity index (χ2n) is 6.06. The SMILES string of the molecule is CCNC(=O)CSc1nc(-c2ccccc2)c(NC(=O)COc2ccc(F)cc2)s1. The standard InChI is InChI=1S/C21H20FN3O3S2/c1-2-23-18(27)13-29-21-25-19(14-6-4-3-5-7-14)20(30-21)24-17(26)12-28-16-10-8-15(22)9-11-16/h3-11H,2,12-13H2,1H3,(H,23,27)(H,24,26). The highest BCUT2D eigenvalue weighted by Gasteiger charge is 2.17. The third-order valence-electron chi connectivity index (χ3n) is 3.79. The Labute approximate surface area is 181 Å². The summed E-state index contributed by atoms with van der Waals surface area (Å²) >= 11 is 2.62. The lowest BCUT2D eigenvalue weighted by Gasteiger charge is -2.07. The molecule has 30 heavy (non-hydrogen) atoms. The second kappa shape index (κ2) is 10.7. The summed E-state index contributed by atoms with van der Waals surface area (Å²) in [7, 11) is 0. The number of rotatable bonds is 9. The molecular formula is C21H20FN3O3S2. The summed E-state index contributed by atoms with van der Waals surface area (Å²) in [5, 5.41) is 6.15. The number of ether oxygens (including phenoxy) is 1. The molecule has 2 N–H and O–H groups in total. The predicted molar refractivity (Wildman–Crippen MR) is 117 cm³/mol. The van der Waals surface area contributed by atoms with Crippen molar-refractivity contribution in [3.8, 4) is 17.0 Å². The Bertz CT molecular complexity index is 994. The first-order valence-corrected chi connectivity index (χ1v) is 11.0. The van der Waals surface area contributed by atoms with Crippen molar-refractivity contribution < 1.29 is 18.7 Å². The quantitative estimate of drug-likeness (QED) is 0.483. The van der Waals surface area contributed by atoms with Gasteiger partial charge in [0.2, 0.25) is 5.91 Å². The van der Waals surface area contributed by atoms with Crippen LogP contribution in [0.25, 0.3) is 11.3 Å². The highest BCUT2D eigenvalue weighted by atomic mass is 32.2. The maximum absolute atomic E-state index is 13.0. The second-order valence-corrected chi connectivity index (χ2v) is 8.28. The number of nitrogens with zero attached hydrogens (tertiary/aromatic N) is 1. The molecule has 0 radical (unpaired) electrons. The van der Waals surface area contributed by atoms with Crippen molar-refractivity contribution in [3.63, 3.8) is 0 Å². The Hall–Kier alpha value is -2.91. The summed E-state index contributed by atoms with van der Waals surface area (Å²) in [4.78, 5) is 28.7. The number of hydrogen-bond donors (Lipinski definition) is 2. The molecule has 0 bridgehead atoms. The highest BCUT2D eigenvalue weighted by molar-refractivity contribution is 8.01. The zero-order valence-corrected chi connectivity index (χ0v) is 17.8. The van der Waals surface area contributed by atoms with Crippen LogP contribution in [0.15, 0.2) is 58.9 Å². The zero-order chi connectivity index (χ0) is 21.3. The molecule has 0 fully saturated rings. The zero-order valence-electron chi connectivity index (χ0n) is 16.2. The van der Waals surface area contributed by atoms with Crippen LogP contribution in [-0.4, -0.2) is 35.7 Å². The van der Waals surface area contributed by atoms with Gasteiger partial charge in [-0.05, 0) is 31.2 Å². The summed E-state index contributed by atoms with van der Waals surface area (Å²) in [5.74, 6) is -0.159. The van der Waals surface area contributed by atoms with Crippen LogP contribution in [0.2, 0.25) is 0 Å². The Kier molecular flexibility index (Phi) is 7.81. The number of anilines is 1. The summed E-state index contributed by atoms with van der Waals surface area (Å²) in [6, 6.07) is 14.9. The minimum absolute atomic E-state index is 0.0720. The number of nitrogens with one attached hydrogen (secondary N) is 2. The van der Waals surface area contributed by atoms with E-state index in [1.54, 1.807) is 0 Å². The molecule has 6 nitrogen and oxygen atoms in total. The lowest BCUT2D eigenvalue weighted by atomic mass is 10.2. The Balaban J connectivity index is 1.70. The molecule has 2 aromatic carbocycles. The predicted octanol–water partition coefficient (Wildman–Crippen LogP) is 4.19. The van der Waals surface area contributed by atoms with E-state index < -0.39 is 0 Å². The van der Waals surface area contributed by atoms with Crippen molar-refractivity contribution in [2.24, 2.45) is 0 Å². The van der Waals surface area contributed by atoms with Crippen molar-refractivity contribution in [2.75, 3.05) is 24.2 Å². The number of amides is 2. The summed E-state index contributed by atoms with van der Waals surface area (Å²) in [5.41, 5.74) is 1.49. The van der Waals surface area contributed by atoms with Gasteiger partial charge in [0.15, 0.2) is 10.9 Å². The first-order chi connectivity index (χ1) is 14.5.